The van der Waals surface area contributed by atoms with Gasteiger partial charge >= 0.3 is 0 Å². The molecule has 1 saturated heterocycles. The van der Waals surface area contributed by atoms with Gasteiger partial charge in [-0.15, -0.1) is 0 Å². The summed E-state index contributed by atoms with van der Waals surface area (Å²) in [4.78, 5) is 18.7. The Balaban J connectivity index is 1.76. The molecule has 4 nitrogen and oxygen atoms in total. The van der Waals surface area contributed by atoms with E-state index in [2.05, 4.69) is 44.0 Å². The van der Waals surface area contributed by atoms with E-state index in [9.17, 15) is 4.79 Å². The Hall–Kier alpha value is -0.950. The minimum atomic E-state index is 0.0372. The van der Waals surface area contributed by atoms with Crippen LogP contribution in [-0.4, -0.2) is 35.4 Å². The smallest absolute Gasteiger partial charge is 0.236 e. The fourth-order valence-corrected chi connectivity index (χ4v) is 6.14. The number of amides is 1. The van der Waals surface area contributed by atoms with Gasteiger partial charge in [-0.25, -0.2) is 0 Å². The summed E-state index contributed by atoms with van der Waals surface area (Å²) >= 11 is 13.7. The lowest BCUT2D eigenvalue weighted by Crippen LogP contribution is -2.42. The highest BCUT2D eigenvalue weighted by Gasteiger charge is 2.36. The summed E-state index contributed by atoms with van der Waals surface area (Å²) in [5.41, 5.74) is 10.6. The topological polar surface area (TPSA) is 59.2 Å². The van der Waals surface area contributed by atoms with Crippen LogP contribution in [0.4, 0.5) is 0 Å². The van der Waals surface area contributed by atoms with E-state index in [1.807, 2.05) is 17.2 Å². The molecule has 4 rings (SSSR count). The molecule has 1 amide bonds. The molecule has 1 aromatic carbocycles. The number of hydrogen-bond donors (Lipinski definition) is 1. The van der Waals surface area contributed by atoms with Crippen molar-refractivity contribution in [2.24, 2.45) is 11.7 Å². The van der Waals surface area contributed by atoms with Crippen LogP contribution in [0.2, 0.25) is 5.02 Å². The maximum absolute atomic E-state index is 12.0. The molecule has 1 atom stereocenters. The van der Waals surface area contributed by atoms with Crippen molar-refractivity contribution in [3.8, 4) is 0 Å². The summed E-state index contributed by atoms with van der Waals surface area (Å²) < 4.78 is 2.06. The van der Waals surface area contributed by atoms with Crippen LogP contribution < -0.4 is 5.73 Å². The Morgan fingerprint density at radius 3 is 2.61 bits per heavy atom. The van der Waals surface area contributed by atoms with Gasteiger partial charge in [0, 0.05) is 39.2 Å². The van der Waals surface area contributed by atoms with Gasteiger partial charge in [0.15, 0.2) is 0 Å². The van der Waals surface area contributed by atoms with Crippen LogP contribution in [0.25, 0.3) is 0 Å². The average Bonchev–Trinajstić information content (AvgIpc) is 2.84. The van der Waals surface area contributed by atoms with Crippen molar-refractivity contribution in [1.82, 2.24) is 9.88 Å². The molecule has 2 aliphatic rings. The van der Waals surface area contributed by atoms with E-state index in [4.69, 9.17) is 22.3 Å². The van der Waals surface area contributed by atoms with E-state index in [0.717, 1.165) is 58.4 Å². The normalized spacial score (nSPS) is 19.7. The van der Waals surface area contributed by atoms with Crippen molar-refractivity contribution >= 4 is 49.4 Å². The number of aromatic nitrogens is 1. The summed E-state index contributed by atoms with van der Waals surface area (Å²) in [6.07, 6.45) is 5.68. The lowest BCUT2D eigenvalue weighted by Gasteiger charge is -2.37. The molecule has 2 heterocycles. The quantitative estimate of drug-likeness (QED) is 0.617. The van der Waals surface area contributed by atoms with Crippen LogP contribution in [0.5, 0.6) is 0 Å². The predicted molar refractivity (Wildman–Crippen MR) is 119 cm³/mol. The molecule has 7 heteroatoms. The number of pyridine rings is 1. The van der Waals surface area contributed by atoms with Gasteiger partial charge in [-0.2, -0.15) is 0 Å². The first-order chi connectivity index (χ1) is 13.5. The van der Waals surface area contributed by atoms with E-state index in [1.54, 1.807) is 0 Å². The highest BCUT2D eigenvalue weighted by molar-refractivity contribution is 9.10. The van der Waals surface area contributed by atoms with Gasteiger partial charge in [0.1, 0.15) is 0 Å². The van der Waals surface area contributed by atoms with Crippen molar-refractivity contribution < 1.29 is 4.79 Å². The number of nitrogens with zero attached hydrogens (tertiary/aromatic N) is 2. The van der Waals surface area contributed by atoms with E-state index in [1.165, 1.54) is 16.7 Å². The second kappa shape index (κ2) is 8.42. The average molecular weight is 528 g/mol. The lowest BCUT2D eigenvalue weighted by molar-refractivity contribution is -0.131. The Morgan fingerprint density at radius 2 is 1.89 bits per heavy atom. The number of halogens is 3. The number of nitrogens with two attached hydrogens (primary N) is 1. The standard InChI is InChI=1S/C21H22Br2ClN3O/c22-15-7-14-2-1-13-8-16(24)9-17(23)19(13)20(21(14)26-11-15)12-3-5-27(6-4-12)18(28)10-25/h7-9,11-12,20H,1-6,10,25H2. The molecule has 0 spiro atoms. The largest absolute Gasteiger partial charge is 0.342 e. The number of carbonyl (C=O) groups is 1. The van der Waals surface area contributed by atoms with E-state index in [-0.39, 0.29) is 18.4 Å². The van der Waals surface area contributed by atoms with Gasteiger partial charge in [-0.05, 0) is 82.4 Å². The number of carbonyl (C=O) groups excluding carboxylic acids is 1. The van der Waals surface area contributed by atoms with E-state index >= 15 is 0 Å². The third-order valence-corrected chi connectivity index (χ3v) is 7.26. The first-order valence-electron chi connectivity index (χ1n) is 9.58. The third-order valence-electron chi connectivity index (χ3n) is 5.96. The second-order valence-corrected chi connectivity index (χ2v) is 9.76. The van der Waals surface area contributed by atoms with Crippen LogP contribution in [0.15, 0.2) is 33.3 Å². The van der Waals surface area contributed by atoms with Gasteiger partial charge in [0.2, 0.25) is 5.91 Å². The maximum atomic E-state index is 12.0. The molecule has 1 fully saturated rings. The number of fused-ring (bicyclic) bond motifs is 2. The van der Waals surface area contributed by atoms with Crippen molar-refractivity contribution in [2.45, 2.75) is 31.6 Å². The number of likely N-dealkylation sites (tertiary alicyclic amines) is 1. The van der Waals surface area contributed by atoms with Gasteiger partial charge in [-0.3, -0.25) is 9.78 Å². The van der Waals surface area contributed by atoms with E-state index < -0.39 is 0 Å². The van der Waals surface area contributed by atoms with Gasteiger partial charge in [0.05, 0.1) is 12.2 Å². The minimum Gasteiger partial charge on any atom is -0.342 e. The molecule has 1 aromatic heterocycles. The van der Waals surface area contributed by atoms with Gasteiger partial charge in [0.25, 0.3) is 0 Å². The maximum Gasteiger partial charge on any atom is 0.236 e. The van der Waals surface area contributed by atoms with Crippen molar-refractivity contribution in [1.29, 1.82) is 0 Å². The zero-order chi connectivity index (χ0) is 19.8. The third kappa shape index (κ3) is 3.89. The number of hydrogen-bond acceptors (Lipinski definition) is 3. The fourth-order valence-electron chi connectivity index (χ4n) is 4.64. The molecular formula is C21H22Br2ClN3O. The Bertz CT molecular complexity index is 913. The number of aryl methyl sites for hydroxylation is 2. The van der Waals surface area contributed by atoms with Crippen LogP contribution in [0.3, 0.4) is 0 Å². The molecule has 0 radical (unpaired) electrons. The van der Waals surface area contributed by atoms with Crippen molar-refractivity contribution in [2.75, 3.05) is 19.6 Å². The van der Waals surface area contributed by atoms with Crippen LogP contribution >= 0.6 is 43.5 Å². The summed E-state index contributed by atoms with van der Waals surface area (Å²) in [5, 5.41) is 0.757. The number of rotatable bonds is 2. The molecule has 1 aliphatic carbocycles. The van der Waals surface area contributed by atoms with Gasteiger partial charge in [-0.1, -0.05) is 27.5 Å². The summed E-state index contributed by atoms with van der Waals surface area (Å²) in [5.74, 6) is 0.654. The van der Waals surface area contributed by atoms with Crippen LogP contribution in [0, 0.1) is 5.92 Å². The number of piperidine rings is 1. The second-order valence-electron chi connectivity index (χ2n) is 7.56. The van der Waals surface area contributed by atoms with Crippen LogP contribution in [0.1, 0.15) is 41.1 Å². The SMILES string of the molecule is NCC(=O)N1CCC(C2c3ncc(Br)cc3CCc3cc(Cl)cc(Br)c32)CC1. The fraction of sp³-hybridized carbons (Fsp3) is 0.429. The molecule has 2 aromatic rings. The number of benzene rings is 1. The van der Waals surface area contributed by atoms with Crippen molar-refractivity contribution in [3.63, 3.8) is 0 Å². The Morgan fingerprint density at radius 1 is 1.18 bits per heavy atom. The molecule has 0 bridgehead atoms. The Kier molecular flexibility index (Phi) is 6.12. The zero-order valence-corrected chi connectivity index (χ0v) is 19.4. The highest BCUT2D eigenvalue weighted by Crippen LogP contribution is 2.46. The lowest BCUT2D eigenvalue weighted by atomic mass is 9.76. The van der Waals surface area contributed by atoms with Crippen molar-refractivity contribution in [3.05, 3.63) is 60.7 Å². The molecule has 1 aliphatic heterocycles. The molecule has 28 heavy (non-hydrogen) atoms. The summed E-state index contributed by atoms with van der Waals surface area (Å²) in [6.45, 7) is 1.59. The Labute approximate surface area is 187 Å². The first-order valence-corrected chi connectivity index (χ1v) is 11.5. The molecule has 148 valence electrons. The molecular weight excluding hydrogens is 506 g/mol. The monoisotopic (exact) mass is 525 g/mol. The van der Waals surface area contributed by atoms with E-state index in [0.29, 0.717) is 5.92 Å². The molecule has 0 saturated carbocycles. The zero-order valence-electron chi connectivity index (χ0n) is 15.4. The van der Waals surface area contributed by atoms with Gasteiger partial charge < -0.3 is 10.6 Å². The predicted octanol–water partition coefficient (Wildman–Crippen LogP) is 4.69. The molecule has 1 unspecified atom stereocenters. The highest BCUT2D eigenvalue weighted by atomic mass is 79.9. The van der Waals surface area contributed by atoms with Crippen LogP contribution in [-0.2, 0) is 17.6 Å². The first kappa shape index (κ1) is 20.3. The summed E-state index contributed by atoms with van der Waals surface area (Å²) in [6, 6.07) is 6.29. The molecule has 2 N–H and O–H groups in total. The minimum absolute atomic E-state index is 0.0372. The summed E-state index contributed by atoms with van der Waals surface area (Å²) in [7, 11) is 0.